The lowest BCUT2D eigenvalue weighted by Gasteiger charge is -2.37. The molecule has 3 aliphatic rings. The van der Waals surface area contributed by atoms with Gasteiger partial charge in [-0.15, -0.1) is 11.3 Å². The van der Waals surface area contributed by atoms with Crippen LogP contribution in [-0.2, 0) is 17.8 Å². The lowest BCUT2D eigenvalue weighted by molar-refractivity contribution is -0.135. The molecule has 2 unspecified atom stereocenters. The summed E-state index contributed by atoms with van der Waals surface area (Å²) in [6.07, 6.45) is 4.98. The zero-order valence-electron chi connectivity index (χ0n) is 13.5. The van der Waals surface area contributed by atoms with Gasteiger partial charge in [-0.2, -0.15) is 0 Å². The van der Waals surface area contributed by atoms with Gasteiger partial charge in [0.25, 0.3) is 5.91 Å². The number of rotatable bonds is 2. The Hall–Kier alpha value is -1.40. The van der Waals surface area contributed by atoms with Crippen LogP contribution in [0, 0.1) is 5.92 Å². The van der Waals surface area contributed by atoms with Gasteiger partial charge in [-0.3, -0.25) is 9.69 Å². The smallest absolute Gasteiger partial charge is 0.323 e. The second-order valence-corrected chi connectivity index (χ2v) is 8.10. The maximum atomic E-state index is 13.0. The normalized spacial score (nSPS) is 31.5. The molecule has 1 saturated carbocycles. The molecular formula is C17H23N3O2S. The average Bonchev–Trinajstić information content (AvgIpc) is 3.09. The molecule has 3 heterocycles. The third-order valence-electron chi connectivity index (χ3n) is 5.73. The Morgan fingerprint density at radius 1 is 1.39 bits per heavy atom. The standard InChI is InChI=1S/C17H23N3O2S/c1-12-4-2-3-7-17(12)15(21)20(16(22)18-17)11-19-8-5-14-13(10-19)6-9-23-14/h6,9,12H,2-5,7-8,10-11H2,1H3,(H,18,22). The summed E-state index contributed by atoms with van der Waals surface area (Å²) in [7, 11) is 0. The molecule has 0 radical (unpaired) electrons. The number of amides is 3. The molecule has 5 nitrogen and oxygen atoms in total. The topological polar surface area (TPSA) is 52.7 Å². The Bertz CT molecular complexity index is 644. The van der Waals surface area contributed by atoms with Gasteiger partial charge in [0, 0.05) is 18.0 Å². The Balaban J connectivity index is 1.49. The first kappa shape index (κ1) is 15.1. The minimum Gasteiger partial charge on any atom is -0.323 e. The van der Waals surface area contributed by atoms with Gasteiger partial charge in [0.05, 0.1) is 6.67 Å². The van der Waals surface area contributed by atoms with Crippen molar-refractivity contribution in [2.45, 2.75) is 51.1 Å². The van der Waals surface area contributed by atoms with Crippen molar-refractivity contribution < 1.29 is 9.59 Å². The van der Waals surface area contributed by atoms with E-state index in [4.69, 9.17) is 0 Å². The molecule has 2 atom stereocenters. The number of imide groups is 1. The predicted octanol–water partition coefficient (Wildman–Crippen LogP) is 2.56. The van der Waals surface area contributed by atoms with E-state index in [-0.39, 0.29) is 17.9 Å². The van der Waals surface area contributed by atoms with Crippen LogP contribution in [-0.4, -0.2) is 40.5 Å². The molecule has 0 bridgehead atoms. The Morgan fingerprint density at radius 3 is 3.09 bits per heavy atom. The van der Waals surface area contributed by atoms with Crippen LogP contribution in [0.15, 0.2) is 11.4 Å². The minimum absolute atomic E-state index is 0.00850. The van der Waals surface area contributed by atoms with Crippen LogP contribution in [0.3, 0.4) is 0 Å². The molecule has 3 amide bonds. The number of fused-ring (bicyclic) bond motifs is 1. The highest BCUT2D eigenvalue weighted by atomic mass is 32.1. The van der Waals surface area contributed by atoms with Crippen molar-refractivity contribution in [2.24, 2.45) is 5.92 Å². The van der Waals surface area contributed by atoms with Crippen molar-refractivity contribution in [1.82, 2.24) is 15.1 Å². The van der Waals surface area contributed by atoms with Gasteiger partial charge < -0.3 is 5.32 Å². The molecule has 124 valence electrons. The van der Waals surface area contributed by atoms with Crippen molar-refractivity contribution in [1.29, 1.82) is 0 Å². The van der Waals surface area contributed by atoms with E-state index < -0.39 is 5.54 Å². The summed E-state index contributed by atoms with van der Waals surface area (Å²) in [5, 5.41) is 5.16. The van der Waals surface area contributed by atoms with E-state index in [9.17, 15) is 9.59 Å². The molecule has 23 heavy (non-hydrogen) atoms. The monoisotopic (exact) mass is 333 g/mol. The number of hydrogen-bond donors (Lipinski definition) is 1. The Kier molecular flexibility index (Phi) is 3.69. The van der Waals surface area contributed by atoms with Gasteiger partial charge in [-0.05, 0) is 42.2 Å². The minimum atomic E-state index is -0.640. The first-order valence-electron chi connectivity index (χ1n) is 8.52. The summed E-state index contributed by atoms with van der Waals surface area (Å²) in [4.78, 5) is 30.5. The SMILES string of the molecule is CC1CCCCC12NC(=O)N(CN1CCc3sccc3C1)C2=O. The summed E-state index contributed by atoms with van der Waals surface area (Å²) >= 11 is 1.80. The maximum absolute atomic E-state index is 13.0. The van der Waals surface area contributed by atoms with E-state index in [1.165, 1.54) is 15.3 Å². The van der Waals surface area contributed by atoms with Gasteiger partial charge >= 0.3 is 6.03 Å². The van der Waals surface area contributed by atoms with Crippen molar-refractivity contribution in [2.75, 3.05) is 13.2 Å². The van der Waals surface area contributed by atoms with Crippen molar-refractivity contribution in [3.63, 3.8) is 0 Å². The van der Waals surface area contributed by atoms with E-state index in [0.29, 0.717) is 6.67 Å². The van der Waals surface area contributed by atoms with Gasteiger partial charge in [0.1, 0.15) is 5.54 Å². The third kappa shape index (κ3) is 2.39. The highest BCUT2D eigenvalue weighted by Crippen LogP contribution is 2.38. The fourth-order valence-electron chi connectivity index (χ4n) is 4.25. The van der Waals surface area contributed by atoms with Crippen LogP contribution in [0.5, 0.6) is 0 Å². The van der Waals surface area contributed by atoms with E-state index >= 15 is 0 Å². The molecule has 1 aliphatic carbocycles. The first-order valence-corrected chi connectivity index (χ1v) is 9.40. The van der Waals surface area contributed by atoms with E-state index in [1.54, 1.807) is 11.3 Å². The van der Waals surface area contributed by atoms with E-state index in [0.717, 1.165) is 45.2 Å². The fourth-order valence-corrected chi connectivity index (χ4v) is 5.14. The molecular weight excluding hydrogens is 310 g/mol. The molecule has 2 fully saturated rings. The molecule has 6 heteroatoms. The first-order chi connectivity index (χ1) is 11.1. The number of carbonyl (C=O) groups is 2. The molecule has 0 aromatic carbocycles. The van der Waals surface area contributed by atoms with Crippen molar-refractivity contribution in [3.05, 3.63) is 21.9 Å². The predicted molar refractivity (Wildman–Crippen MR) is 89.0 cm³/mol. The van der Waals surface area contributed by atoms with Crippen LogP contribution in [0.4, 0.5) is 4.79 Å². The third-order valence-corrected chi connectivity index (χ3v) is 6.75. The summed E-state index contributed by atoms with van der Waals surface area (Å²) in [5.74, 6) is 0.216. The van der Waals surface area contributed by atoms with Crippen molar-refractivity contribution >= 4 is 23.3 Å². The number of nitrogens with one attached hydrogen (secondary N) is 1. The number of nitrogens with zero attached hydrogens (tertiary/aromatic N) is 2. The molecule has 2 aliphatic heterocycles. The van der Waals surface area contributed by atoms with E-state index in [1.807, 2.05) is 0 Å². The number of thiophene rings is 1. The summed E-state index contributed by atoms with van der Waals surface area (Å²) < 4.78 is 0. The van der Waals surface area contributed by atoms with Gasteiger partial charge in [0.2, 0.25) is 0 Å². The molecule has 1 aromatic heterocycles. The molecule has 1 spiro atoms. The highest BCUT2D eigenvalue weighted by Gasteiger charge is 2.55. The van der Waals surface area contributed by atoms with Crippen LogP contribution in [0.25, 0.3) is 0 Å². The van der Waals surface area contributed by atoms with Crippen LogP contribution >= 0.6 is 11.3 Å². The number of urea groups is 1. The molecule has 1 aromatic rings. The van der Waals surface area contributed by atoms with E-state index in [2.05, 4.69) is 28.6 Å². The number of carbonyl (C=O) groups excluding carboxylic acids is 2. The van der Waals surface area contributed by atoms with Gasteiger partial charge in [-0.1, -0.05) is 19.8 Å². The zero-order valence-corrected chi connectivity index (χ0v) is 14.3. The highest BCUT2D eigenvalue weighted by molar-refractivity contribution is 7.10. The summed E-state index contributed by atoms with van der Waals surface area (Å²) in [6, 6.07) is 1.95. The van der Waals surface area contributed by atoms with Crippen molar-refractivity contribution in [3.8, 4) is 0 Å². The zero-order chi connectivity index (χ0) is 16.0. The largest absolute Gasteiger partial charge is 0.326 e. The van der Waals surface area contributed by atoms with Crippen LogP contribution < -0.4 is 5.32 Å². The van der Waals surface area contributed by atoms with Crippen LogP contribution in [0.1, 0.15) is 43.0 Å². The number of hydrogen-bond acceptors (Lipinski definition) is 4. The molecule has 4 rings (SSSR count). The van der Waals surface area contributed by atoms with Crippen LogP contribution in [0.2, 0.25) is 0 Å². The van der Waals surface area contributed by atoms with Gasteiger partial charge in [-0.25, -0.2) is 9.69 Å². The van der Waals surface area contributed by atoms with Gasteiger partial charge in [0.15, 0.2) is 0 Å². The Morgan fingerprint density at radius 2 is 2.26 bits per heavy atom. The summed E-state index contributed by atoms with van der Waals surface area (Å²) in [5.41, 5.74) is 0.701. The average molecular weight is 333 g/mol. The summed E-state index contributed by atoms with van der Waals surface area (Å²) in [6.45, 7) is 4.25. The molecule has 1 N–H and O–H groups in total. The fraction of sp³-hybridized carbons (Fsp3) is 0.647. The Labute approximate surface area is 140 Å². The lowest BCUT2D eigenvalue weighted by atomic mass is 9.73. The lowest BCUT2D eigenvalue weighted by Crippen LogP contribution is -2.54. The quantitative estimate of drug-likeness (QED) is 0.846. The molecule has 1 saturated heterocycles. The maximum Gasteiger partial charge on any atom is 0.326 e. The second-order valence-electron chi connectivity index (χ2n) is 7.09. The second kappa shape index (κ2) is 5.60.